The van der Waals surface area contributed by atoms with Crippen LogP contribution in [0.2, 0.25) is 10.0 Å². The number of hydrogen-bond donors (Lipinski definition) is 0. The van der Waals surface area contributed by atoms with Crippen molar-refractivity contribution in [2.24, 2.45) is 0 Å². The standard InChI is InChI=1S/C24H16Cl2O5/c1-14-4-2-3-5-17(14)19-12-29-22-11-16(7-8-18(22)24(19)28)31-23(27)13-30-21-9-6-15(25)10-20(21)26/h2-12H,13H2,1H3. The molecule has 3 aromatic carbocycles. The lowest BCUT2D eigenvalue weighted by Crippen LogP contribution is -2.17. The van der Waals surface area contributed by atoms with Crippen LogP contribution in [0.15, 0.2) is 76.1 Å². The molecule has 4 aromatic rings. The summed E-state index contributed by atoms with van der Waals surface area (Å²) in [5, 5.41) is 1.14. The number of rotatable bonds is 5. The summed E-state index contributed by atoms with van der Waals surface area (Å²) in [6, 6.07) is 16.9. The minimum Gasteiger partial charge on any atom is -0.480 e. The second-order valence-electron chi connectivity index (χ2n) is 6.79. The van der Waals surface area contributed by atoms with Gasteiger partial charge in [-0.05, 0) is 48.4 Å². The van der Waals surface area contributed by atoms with Gasteiger partial charge < -0.3 is 13.9 Å². The molecule has 0 aliphatic rings. The molecule has 0 spiro atoms. The first-order valence-electron chi connectivity index (χ1n) is 9.32. The summed E-state index contributed by atoms with van der Waals surface area (Å²) in [6.45, 7) is 1.58. The molecule has 0 aliphatic heterocycles. The highest BCUT2D eigenvalue weighted by molar-refractivity contribution is 6.35. The average Bonchev–Trinajstić information content (AvgIpc) is 2.74. The minimum atomic E-state index is -0.635. The van der Waals surface area contributed by atoms with Crippen molar-refractivity contribution >= 4 is 40.1 Å². The molecule has 0 saturated carbocycles. The van der Waals surface area contributed by atoms with Crippen molar-refractivity contribution < 1.29 is 18.7 Å². The molecule has 0 aliphatic carbocycles. The normalized spacial score (nSPS) is 10.8. The van der Waals surface area contributed by atoms with Gasteiger partial charge in [-0.15, -0.1) is 0 Å². The van der Waals surface area contributed by atoms with Crippen LogP contribution in [0.1, 0.15) is 5.56 Å². The van der Waals surface area contributed by atoms with Crippen molar-refractivity contribution in [3.8, 4) is 22.6 Å². The van der Waals surface area contributed by atoms with Crippen LogP contribution < -0.4 is 14.9 Å². The molecule has 0 bridgehead atoms. The fourth-order valence-corrected chi connectivity index (χ4v) is 3.59. The van der Waals surface area contributed by atoms with Gasteiger partial charge in [-0.3, -0.25) is 4.79 Å². The van der Waals surface area contributed by atoms with Crippen molar-refractivity contribution in [3.05, 3.63) is 92.8 Å². The van der Waals surface area contributed by atoms with Crippen LogP contribution in [0.5, 0.6) is 11.5 Å². The monoisotopic (exact) mass is 454 g/mol. The summed E-state index contributed by atoms with van der Waals surface area (Å²) in [5.74, 6) is -0.0874. The first-order valence-corrected chi connectivity index (χ1v) is 10.1. The molecule has 0 amide bonds. The van der Waals surface area contributed by atoms with Crippen molar-refractivity contribution in [3.63, 3.8) is 0 Å². The second-order valence-corrected chi connectivity index (χ2v) is 7.63. The van der Waals surface area contributed by atoms with Gasteiger partial charge in [0.05, 0.1) is 16.0 Å². The van der Waals surface area contributed by atoms with Gasteiger partial charge in [-0.2, -0.15) is 0 Å². The fraction of sp³-hybridized carbons (Fsp3) is 0.0833. The topological polar surface area (TPSA) is 65.7 Å². The van der Waals surface area contributed by atoms with Gasteiger partial charge in [0.25, 0.3) is 0 Å². The molecular formula is C24H16Cl2O5. The minimum absolute atomic E-state index is 0.158. The Kier molecular flexibility index (Phi) is 5.98. The molecule has 4 rings (SSSR count). The Bertz CT molecular complexity index is 1340. The van der Waals surface area contributed by atoms with Gasteiger partial charge in [0.15, 0.2) is 6.61 Å². The van der Waals surface area contributed by atoms with Crippen molar-refractivity contribution in [2.45, 2.75) is 6.92 Å². The van der Waals surface area contributed by atoms with Gasteiger partial charge in [-0.1, -0.05) is 47.5 Å². The molecule has 156 valence electrons. The summed E-state index contributed by atoms with van der Waals surface area (Å²) in [7, 11) is 0. The highest BCUT2D eigenvalue weighted by Crippen LogP contribution is 2.28. The molecular weight excluding hydrogens is 439 g/mol. The van der Waals surface area contributed by atoms with E-state index in [1.807, 2.05) is 31.2 Å². The van der Waals surface area contributed by atoms with E-state index >= 15 is 0 Å². The zero-order chi connectivity index (χ0) is 22.0. The van der Waals surface area contributed by atoms with E-state index in [1.165, 1.54) is 24.5 Å². The van der Waals surface area contributed by atoms with Gasteiger partial charge in [0.2, 0.25) is 5.43 Å². The number of carbonyl (C=O) groups excluding carboxylic acids is 1. The van der Waals surface area contributed by atoms with E-state index in [2.05, 4.69) is 0 Å². The Labute approximate surface area is 187 Å². The van der Waals surface area contributed by atoms with Crippen LogP contribution in [-0.4, -0.2) is 12.6 Å². The number of halogens is 2. The van der Waals surface area contributed by atoms with E-state index < -0.39 is 5.97 Å². The molecule has 1 aromatic heterocycles. The van der Waals surface area contributed by atoms with E-state index in [4.69, 9.17) is 37.1 Å². The van der Waals surface area contributed by atoms with Gasteiger partial charge in [0.1, 0.15) is 23.3 Å². The highest BCUT2D eigenvalue weighted by Gasteiger charge is 2.13. The third-order valence-corrected chi connectivity index (χ3v) is 5.18. The number of fused-ring (bicyclic) bond motifs is 1. The summed E-state index contributed by atoms with van der Waals surface area (Å²) in [5.41, 5.74) is 2.42. The smallest absolute Gasteiger partial charge is 0.349 e. The zero-order valence-corrected chi connectivity index (χ0v) is 17.9. The largest absolute Gasteiger partial charge is 0.480 e. The molecule has 0 saturated heterocycles. The van der Waals surface area contributed by atoms with E-state index in [0.717, 1.165) is 11.1 Å². The Morgan fingerprint density at radius 2 is 1.81 bits per heavy atom. The van der Waals surface area contributed by atoms with Crippen LogP contribution >= 0.6 is 23.2 Å². The number of esters is 1. The van der Waals surface area contributed by atoms with Crippen LogP contribution in [0.3, 0.4) is 0 Å². The number of ether oxygens (including phenoxy) is 2. The summed E-state index contributed by atoms with van der Waals surface area (Å²) in [6.07, 6.45) is 1.42. The third-order valence-electron chi connectivity index (χ3n) is 4.65. The van der Waals surface area contributed by atoms with E-state index in [-0.39, 0.29) is 22.8 Å². The number of carbonyl (C=O) groups is 1. The molecule has 7 heteroatoms. The lowest BCUT2D eigenvalue weighted by molar-refractivity contribution is -0.136. The first kappa shape index (κ1) is 21.0. The van der Waals surface area contributed by atoms with Crippen LogP contribution in [0, 0.1) is 6.92 Å². The van der Waals surface area contributed by atoms with E-state index in [0.29, 0.717) is 27.3 Å². The van der Waals surface area contributed by atoms with Crippen LogP contribution in [-0.2, 0) is 4.79 Å². The van der Waals surface area contributed by atoms with E-state index in [1.54, 1.807) is 18.2 Å². The second kappa shape index (κ2) is 8.84. The molecule has 0 atom stereocenters. The molecule has 0 fully saturated rings. The Morgan fingerprint density at radius 3 is 2.58 bits per heavy atom. The average molecular weight is 455 g/mol. The van der Waals surface area contributed by atoms with Crippen LogP contribution in [0.4, 0.5) is 0 Å². The maximum Gasteiger partial charge on any atom is 0.349 e. The predicted octanol–water partition coefficient (Wildman–Crippen LogP) is 6.06. The Balaban J connectivity index is 1.51. The summed E-state index contributed by atoms with van der Waals surface area (Å²) >= 11 is 11.9. The summed E-state index contributed by atoms with van der Waals surface area (Å²) < 4.78 is 16.3. The molecule has 31 heavy (non-hydrogen) atoms. The quantitative estimate of drug-likeness (QED) is 0.270. The SMILES string of the molecule is Cc1ccccc1-c1coc2cc(OC(=O)COc3ccc(Cl)cc3Cl)ccc2c1=O. The Hall–Kier alpha value is -3.28. The van der Waals surface area contributed by atoms with Crippen molar-refractivity contribution in [1.82, 2.24) is 0 Å². The van der Waals surface area contributed by atoms with Gasteiger partial charge in [-0.25, -0.2) is 4.79 Å². The molecule has 0 radical (unpaired) electrons. The molecule has 5 nitrogen and oxygen atoms in total. The number of benzene rings is 3. The summed E-state index contributed by atoms with van der Waals surface area (Å²) in [4.78, 5) is 25.1. The van der Waals surface area contributed by atoms with Gasteiger partial charge >= 0.3 is 5.97 Å². The lowest BCUT2D eigenvalue weighted by atomic mass is 10.0. The highest BCUT2D eigenvalue weighted by atomic mass is 35.5. The Morgan fingerprint density at radius 1 is 1.00 bits per heavy atom. The van der Waals surface area contributed by atoms with Crippen molar-refractivity contribution in [2.75, 3.05) is 6.61 Å². The lowest BCUT2D eigenvalue weighted by Gasteiger charge is -2.09. The number of aryl methyl sites for hydroxylation is 1. The van der Waals surface area contributed by atoms with Crippen molar-refractivity contribution in [1.29, 1.82) is 0 Å². The molecule has 1 heterocycles. The van der Waals surface area contributed by atoms with E-state index in [9.17, 15) is 9.59 Å². The molecule has 0 unspecified atom stereocenters. The third kappa shape index (κ3) is 4.58. The zero-order valence-electron chi connectivity index (χ0n) is 16.4. The first-order chi connectivity index (χ1) is 14.9. The fourth-order valence-electron chi connectivity index (χ4n) is 3.12. The van der Waals surface area contributed by atoms with Crippen LogP contribution in [0.25, 0.3) is 22.1 Å². The molecule has 0 N–H and O–H groups in total. The maximum absolute atomic E-state index is 12.9. The number of hydrogen-bond acceptors (Lipinski definition) is 5. The maximum atomic E-state index is 12.9. The predicted molar refractivity (Wildman–Crippen MR) is 120 cm³/mol. The van der Waals surface area contributed by atoms with Gasteiger partial charge in [0, 0.05) is 11.1 Å².